The van der Waals surface area contributed by atoms with Gasteiger partial charge in [-0.2, -0.15) is 0 Å². The normalized spacial score (nSPS) is 17.6. The number of halogens is 1. The molecule has 0 bridgehead atoms. The molecule has 1 amide bonds. The number of carbonyl (C=O) groups is 1. The van der Waals surface area contributed by atoms with Crippen molar-refractivity contribution in [1.29, 1.82) is 0 Å². The lowest BCUT2D eigenvalue weighted by atomic mass is 10.1. The van der Waals surface area contributed by atoms with Crippen LogP contribution in [0.4, 0.5) is 0 Å². The molecule has 1 aliphatic rings. The Bertz CT molecular complexity index is 712. The fraction of sp³-hybridized carbons (Fsp3) is 0.529. The Morgan fingerprint density at radius 1 is 1.40 bits per heavy atom. The molecule has 2 aromatic heterocycles. The van der Waals surface area contributed by atoms with Crippen LogP contribution in [0.2, 0.25) is 0 Å². The monoisotopic (exact) mass is 408 g/mol. The lowest BCUT2D eigenvalue weighted by molar-refractivity contribution is -0.133. The number of hydrogen-bond acceptors (Lipinski definition) is 6. The van der Waals surface area contributed by atoms with E-state index in [0.29, 0.717) is 25.4 Å². The van der Waals surface area contributed by atoms with Crippen LogP contribution >= 0.6 is 15.9 Å². The van der Waals surface area contributed by atoms with E-state index in [-0.39, 0.29) is 12.0 Å². The molecule has 0 aromatic carbocycles. The van der Waals surface area contributed by atoms with E-state index < -0.39 is 0 Å². The maximum Gasteiger partial charge on any atom is 0.316 e. The zero-order valence-corrected chi connectivity index (χ0v) is 16.0. The summed E-state index contributed by atoms with van der Waals surface area (Å²) in [5.74, 6) is 0.919. The molecule has 134 valence electrons. The van der Waals surface area contributed by atoms with Crippen molar-refractivity contribution in [3.05, 3.63) is 33.9 Å². The van der Waals surface area contributed by atoms with Gasteiger partial charge in [0, 0.05) is 30.9 Å². The van der Waals surface area contributed by atoms with Gasteiger partial charge in [-0.3, -0.25) is 4.79 Å². The number of carbonyl (C=O) groups excluding carboxylic acids is 1. The first-order valence-corrected chi connectivity index (χ1v) is 9.16. The van der Waals surface area contributed by atoms with Crippen molar-refractivity contribution in [2.45, 2.75) is 45.6 Å². The van der Waals surface area contributed by atoms with Crippen molar-refractivity contribution in [2.75, 3.05) is 13.1 Å². The minimum Gasteiger partial charge on any atom is -0.458 e. The summed E-state index contributed by atoms with van der Waals surface area (Å²) >= 11 is 3.30. The molecule has 8 heteroatoms. The van der Waals surface area contributed by atoms with E-state index in [9.17, 15) is 4.79 Å². The number of ether oxygens (including phenoxy) is 1. The van der Waals surface area contributed by atoms with Crippen LogP contribution in [0.25, 0.3) is 0 Å². The third-order valence-electron chi connectivity index (χ3n) is 4.37. The van der Waals surface area contributed by atoms with Gasteiger partial charge in [-0.15, -0.1) is 0 Å². The van der Waals surface area contributed by atoms with Crippen LogP contribution in [0.5, 0.6) is 6.01 Å². The Morgan fingerprint density at radius 3 is 2.84 bits per heavy atom. The zero-order valence-electron chi connectivity index (χ0n) is 14.4. The Morgan fingerprint density at radius 2 is 2.16 bits per heavy atom. The smallest absolute Gasteiger partial charge is 0.316 e. The molecule has 0 saturated carbocycles. The second-order valence-corrected chi connectivity index (χ2v) is 7.12. The molecule has 2 aromatic rings. The second-order valence-electron chi connectivity index (χ2n) is 6.21. The highest BCUT2D eigenvalue weighted by Crippen LogP contribution is 2.19. The lowest BCUT2D eigenvalue weighted by Gasteiger charge is -2.32. The van der Waals surface area contributed by atoms with Crippen molar-refractivity contribution >= 4 is 21.8 Å². The van der Waals surface area contributed by atoms with Crippen LogP contribution < -0.4 is 4.74 Å². The number of amides is 1. The molecule has 1 fully saturated rings. The van der Waals surface area contributed by atoms with E-state index in [1.807, 2.05) is 18.7 Å². The number of likely N-dealkylation sites (tertiary alicyclic amines) is 1. The number of piperidine rings is 1. The molecule has 25 heavy (non-hydrogen) atoms. The first kappa shape index (κ1) is 17.8. The molecule has 1 unspecified atom stereocenters. The van der Waals surface area contributed by atoms with Gasteiger partial charge in [0.15, 0.2) is 0 Å². The molecule has 0 spiro atoms. The maximum atomic E-state index is 12.5. The summed E-state index contributed by atoms with van der Waals surface area (Å²) in [6.07, 6.45) is 6.14. The van der Waals surface area contributed by atoms with Crippen molar-refractivity contribution in [2.24, 2.45) is 0 Å². The minimum atomic E-state index is -0.0714. The molecule has 1 aliphatic heterocycles. The Hall–Kier alpha value is -1.96. The summed E-state index contributed by atoms with van der Waals surface area (Å²) in [6.45, 7) is 5.11. The van der Waals surface area contributed by atoms with E-state index in [0.717, 1.165) is 40.9 Å². The van der Waals surface area contributed by atoms with Gasteiger partial charge < -0.3 is 14.2 Å². The van der Waals surface area contributed by atoms with Crippen LogP contribution in [0.1, 0.15) is 36.3 Å². The fourth-order valence-electron chi connectivity index (χ4n) is 3.02. The van der Waals surface area contributed by atoms with Gasteiger partial charge in [-0.25, -0.2) is 9.97 Å². The van der Waals surface area contributed by atoms with Gasteiger partial charge in [-0.05, 0) is 49.0 Å². The average molecular weight is 409 g/mol. The molecule has 3 rings (SSSR count). The van der Waals surface area contributed by atoms with Crippen molar-refractivity contribution in [3.63, 3.8) is 0 Å². The molecule has 1 atom stereocenters. The van der Waals surface area contributed by atoms with Gasteiger partial charge in [0.2, 0.25) is 5.91 Å². The molecule has 1 saturated heterocycles. The predicted molar refractivity (Wildman–Crippen MR) is 94.3 cm³/mol. The largest absolute Gasteiger partial charge is 0.458 e. The third kappa shape index (κ3) is 4.56. The number of hydrogen-bond donors (Lipinski definition) is 0. The Kier molecular flexibility index (Phi) is 5.67. The molecule has 7 nitrogen and oxygen atoms in total. The minimum absolute atomic E-state index is 0.0714. The standard InChI is InChI=1S/C17H21BrN4O3/c1-11-15(12(2)25-21-11)5-6-16(23)22-7-3-4-14(10-22)24-17-19-8-13(18)9-20-17/h8-9,14H,3-7,10H2,1-2H3. The summed E-state index contributed by atoms with van der Waals surface area (Å²) in [4.78, 5) is 22.7. The first-order valence-electron chi connectivity index (χ1n) is 8.36. The molecular weight excluding hydrogens is 388 g/mol. The fourth-order valence-corrected chi connectivity index (χ4v) is 3.22. The lowest BCUT2D eigenvalue weighted by Crippen LogP contribution is -2.44. The van der Waals surface area contributed by atoms with Gasteiger partial charge in [0.05, 0.1) is 16.7 Å². The van der Waals surface area contributed by atoms with Gasteiger partial charge >= 0.3 is 6.01 Å². The van der Waals surface area contributed by atoms with Crippen LogP contribution in [-0.2, 0) is 11.2 Å². The summed E-state index contributed by atoms with van der Waals surface area (Å²) < 4.78 is 11.8. The van der Waals surface area contributed by atoms with Crippen LogP contribution in [0.3, 0.4) is 0 Å². The predicted octanol–water partition coefficient (Wildman–Crippen LogP) is 2.85. The van der Waals surface area contributed by atoms with E-state index in [2.05, 4.69) is 31.1 Å². The summed E-state index contributed by atoms with van der Waals surface area (Å²) in [7, 11) is 0. The quantitative estimate of drug-likeness (QED) is 0.756. The molecule has 3 heterocycles. The van der Waals surface area contributed by atoms with Crippen molar-refractivity contribution in [3.8, 4) is 6.01 Å². The van der Waals surface area contributed by atoms with Gasteiger partial charge in [0.25, 0.3) is 0 Å². The topological polar surface area (TPSA) is 81.4 Å². The number of aromatic nitrogens is 3. The number of nitrogens with zero attached hydrogens (tertiary/aromatic N) is 4. The van der Waals surface area contributed by atoms with Crippen LogP contribution in [0, 0.1) is 13.8 Å². The zero-order chi connectivity index (χ0) is 17.8. The summed E-state index contributed by atoms with van der Waals surface area (Å²) in [6, 6.07) is 0.346. The van der Waals surface area contributed by atoms with E-state index in [4.69, 9.17) is 9.26 Å². The van der Waals surface area contributed by atoms with Crippen LogP contribution in [-0.4, -0.2) is 45.1 Å². The molecule has 0 N–H and O–H groups in total. The molecular formula is C17H21BrN4O3. The van der Waals surface area contributed by atoms with E-state index in [1.165, 1.54) is 0 Å². The Labute approximate surface area is 154 Å². The highest BCUT2D eigenvalue weighted by molar-refractivity contribution is 9.10. The number of aryl methyl sites for hydroxylation is 2. The maximum absolute atomic E-state index is 12.5. The van der Waals surface area contributed by atoms with E-state index >= 15 is 0 Å². The van der Waals surface area contributed by atoms with Crippen molar-refractivity contribution < 1.29 is 14.1 Å². The second kappa shape index (κ2) is 7.95. The highest BCUT2D eigenvalue weighted by atomic mass is 79.9. The first-order chi connectivity index (χ1) is 12.0. The molecule has 0 aliphatic carbocycles. The highest BCUT2D eigenvalue weighted by Gasteiger charge is 2.25. The van der Waals surface area contributed by atoms with Crippen molar-refractivity contribution in [1.82, 2.24) is 20.0 Å². The average Bonchev–Trinajstić information content (AvgIpc) is 2.93. The SMILES string of the molecule is Cc1noc(C)c1CCC(=O)N1CCCC(Oc2ncc(Br)cn2)C1. The number of rotatable bonds is 5. The summed E-state index contributed by atoms with van der Waals surface area (Å²) in [5, 5.41) is 3.93. The Balaban J connectivity index is 1.53. The van der Waals surface area contributed by atoms with E-state index in [1.54, 1.807) is 12.4 Å². The van der Waals surface area contributed by atoms with Gasteiger partial charge in [-0.1, -0.05) is 5.16 Å². The third-order valence-corrected chi connectivity index (χ3v) is 4.78. The molecule has 0 radical (unpaired) electrons. The van der Waals surface area contributed by atoms with Crippen LogP contribution in [0.15, 0.2) is 21.4 Å². The summed E-state index contributed by atoms with van der Waals surface area (Å²) in [5.41, 5.74) is 1.89. The van der Waals surface area contributed by atoms with Gasteiger partial charge in [0.1, 0.15) is 11.9 Å².